The topological polar surface area (TPSA) is 78.1 Å². The molecule has 0 aliphatic carbocycles. The van der Waals surface area contributed by atoms with Gasteiger partial charge in [-0.15, -0.1) is 0 Å². The van der Waals surface area contributed by atoms with E-state index in [0.29, 0.717) is 38.0 Å². The van der Waals surface area contributed by atoms with Crippen LogP contribution in [0.4, 0.5) is 0 Å². The fraction of sp³-hybridized carbons (Fsp3) is 0.500. The van der Waals surface area contributed by atoms with Crippen molar-refractivity contribution in [2.75, 3.05) is 19.7 Å². The second-order valence-electron chi connectivity index (χ2n) is 6.05. The largest absolute Gasteiger partial charge is 0.393 e. The zero-order chi connectivity index (χ0) is 15.7. The van der Waals surface area contributed by atoms with Gasteiger partial charge in [0.1, 0.15) is 11.3 Å². The van der Waals surface area contributed by atoms with Gasteiger partial charge >= 0.3 is 0 Å². The third kappa shape index (κ3) is 2.71. The van der Waals surface area contributed by atoms with Gasteiger partial charge in [-0.05, 0) is 38.3 Å². The second-order valence-corrected chi connectivity index (χ2v) is 6.05. The molecule has 2 aromatic heterocycles. The number of aliphatic hydroxyl groups excluding tert-OH is 1. The van der Waals surface area contributed by atoms with Crippen LogP contribution in [-0.4, -0.2) is 55.7 Å². The van der Waals surface area contributed by atoms with Crippen molar-refractivity contribution in [2.45, 2.75) is 31.8 Å². The molecule has 2 N–H and O–H groups in total. The van der Waals surface area contributed by atoms with Crippen LogP contribution in [0.2, 0.25) is 0 Å². The zero-order valence-electron chi connectivity index (χ0n) is 12.7. The normalized spacial score (nSPS) is 22.8. The Morgan fingerprint density at radius 3 is 2.91 bits per heavy atom. The maximum atomic E-state index is 12.6. The Balaban J connectivity index is 1.82. The Morgan fingerprint density at radius 2 is 2.18 bits per heavy atom. The smallest absolute Gasteiger partial charge is 0.274 e. The number of hydrogen-bond acceptors (Lipinski definition) is 4. The lowest BCUT2D eigenvalue weighted by molar-refractivity contribution is -0.0250. The fourth-order valence-electron chi connectivity index (χ4n) is 2.95. The van der Waals surface area contributed by atoms with Gasteiger partial charge in [0.15, 0.2) is 0 Å². The highest BCUT2D eigenvalue weighted by molar-refractivity contribution is 5.93. The van der Waals surface area contributed by atoms with Gasteiger partial charge in [0.05, 0.1) is 12.2 Å². The van der Waals surface area contributed by atoms with Gasteiger partial charge in [-0.3, -0.25) is 4.79 Å². The van der Waals surface area contributed by atoms with Crippen LogP contribution in [0.15, 0.2) is 24.4 Å². The highest BCUT2D eigenvalue weighted by Gasteiger charge is 2.31. The molecule has 0 saturated carbocycles. The second kappa shape index (κ2) is 5.70. The maximum Gasteiger partial charge on any atom is 0.274 e. The summed E-state index contributed by atoms with van der Waals surface area (Å²) in [6, 6.07) is 5.76. The summed E-state index contributed by atoms with van der Waals surface area (Å²) >= 11 is 0. The van der Waals surface area contributed by atoms with Crippen molar-refractivity contribution >= 4 is 11.6 Å². The molecule has 0 aromatic carbocycles. The molecule has 1 aliphatic heterocycles. The van der Waals surface area contributed by atoms with Gasteiger partial charge < -0.3 is 19.5 Å². The van der Waals surface area contributed by atoms with Gasteiger partial charge in [-0.1, -0.05) is 6.07 Å². The highest BCUT2D eigenvalue weighted by Crippen LogP contribution is 2.22. The van der Waals surface area contributed by atoms with E-state index in [-0.39, 0.29) is 12.5 Å². The van der Waals surface area contributed by atoms with Gasteiger partial charge in [0.2, 0.25) is 0 Å². The Bertz CT molecular complexity index is 697. The van der Waals surface area contributed by atoms with Crippen molar-refractivity contribution < 1.29 is 15.0 Å². The number of rotatable bonds is 2. The first kappa shape index (κ1) is 15.0. The molecule has 6 heteroatoms. The molecule has 1 saturated heterocycles. The van der Waals surface area contributed by atoms with Crippen molar-refractivity contribution in [3.8, 4) is 0 Å². The minimum absolute atomic E-state index is 0.120. The molecule has 0 radical (unpaired) electrons. The summed E-state index contributed by atoms with van der Waals surface area (Å²) in [5.74, 6) is -0.120. The average Bonchev–Trinajstić information content (AvgIpc) is 2.86. The number of nitrogens with zero attached hydrogens (tertiary/aromatic N) is 3. The molecule has 3 heterocycles. The third-order valence-electron chi connectivity index (χ3n) is 4.41. The van der Waals surface area contributed by atoms with Crippen LogP contribution in [0.3, 0.4) is 0 Å². The lowest BCUT2D eigenvalue weighted by Gasteiger charge is -2.24. The van der Waals surface area contributed by atoms with Crippen molar-refractivity contribution in [1.82, 2.24) is 14.3 Å². The van der Waals surface area contributed by atoms with Crippen molar-refractivity contribution in [3.63, 3.8) is 0 Å². The summed E-state index contributed by atoms with van der Waals surface area (Å²) in [5, 5.41) is 19.4. The molecule has 0 unspecified atom stereocenters. The van der Waals surface area contributed by atoms with E-state index in [4.69, 9.17) is 0 Å². The maximum absolute atomic E-state index is 12.6. The van der Waals surface area contributed by atoms with Crippen LogP contribution in [0, 0.1) is 6.92 Å². The predicted molar refractivity (Wildman–Crippen MR) is 81.7 cm³/mol. The van der Waals surface area contributed by atoms with E-state index in [9.17, 15) is 15.0 Å². The minimum Gasteiger partial charge on any atom is -0.393 e. The van der Waals surface area contributed by atoms with E-state index < -0.39 is 5.60 Å². The van der Waals surface area contributed by atoms with Gasteiger partial charge in [0, 0.05) is 25.0 Å². The number of imidazole rings is 1. The van der Waals surface area contributed by atoms with E-state index >= 15 is 0 Å². The van der Waals surface area contributed by atoms with Crippen LogP contribution in [0.25, 0.3) is 5.65 Å². The summed E-state index contributed by atoms with van der Waals surface area (Å²) in [7, 11) is 0. The summed E-state index contributed by atoms with van der Waals surface area (Å²) in [6.45, 7) is 2.72. The van der Waals surface area contributed by atoms with Crippen LogP contribution in [0.5, 0.6) is 0 Å². The number of carbonyl (C=O) groups excluding carboxylic acids is 1. The third-order valence-corrected chi connectivity index (χ3v) is 4.41. The minimum atomic E-state index is -1.06. The molecule has 0 spiro atoms. The Hall–Kier alpha value is -1.92. The SMILES string of the molecule is Cc1cccc2nc(C(=O)N3CCC[C@](O)(CO)CC3)cn12. The number of likely N-dealkylation sites (tertiary alicyclic amines) is 1. The molecular formula is C16H21N3O3. The van der Waals surface area contributed by atoms with Crippen molar-refractivity contribution in [3.05, 3.63) is 35.8 Å². The monoisotopic (exact) mass is 303 g/mol. The number of pyridine rings is 1. The first-order valence-corrected chi connectivity index (χ1v) is 7.60. The van der Waals surface area contributed by atoms with Gasteiger partial charge in [0.25, 0.3) is 5.91 Å². The number of aryl methyl sites for hydroxylation is 1. The molecule has 0 bridgehead atoms. The van der Waals surface area contributed by atoms with E-state index in [1.165, 1.54) is 0 Å². The molecular weight excluding hydrogens is 282 g/mol. The van der Waals surface area contributed by atoms with Gasteiger partial charge in [-0.2, -0.15) is 0 Å². The first-order valence-electron chi connectivity index (χ1n) is 7.60. The van der Waals surface area contributed by atoms with E-state index in [1.807, 2.05) is 29.5 Å². The van der Waals surface area contributed by atoms with E-state index in [1.54, 1.807) is 11.1 Å². The summed E-state index contributed by atoms with van der Waals surface area (Å²) < 4.78 is 1.90. The molecule has 22 heavy (non-hydrogen) atoms. The van der Waals surface area contributed by atoms with Crippen molar-refractivity contribution in [2.24, 2.45) is 0 Å². The molecule has 1 aliphatic rings. The Labute approximate surface area is 129 Å². The molecule has 6 nitrogen and oxygen atoms in total. The number of fused-ring (bicyclic) bond motifs is 1. The number of hydrogen-bond donors (Lipinski definition) is 2. The van der Waals surface area contributed by atoms with E-state index in [2.05, 4.69) is 4.98 Å². The molecule has 1 atom stereocenters. The number of aromatic nitrogens is 2. The Kier molecular flexibility index (Phi) is 3.88. The Morgan fingerprint density at radius 1 is 1.36 bits per heavy atom. The summed E-state index contributed by atoms with van der Waals surface area (Å²) in [5.41, 5.74) is 1.13. The fourth-order valence-corrected chi connectivity index (χ4v) is 2.95. The lowest BCUT2D eigenvalue weighted by atomic mass is 9.96. The van der Waals surface area contributed by atoms with Crippen LogP contribution in [-0.2, 0) is 0 Å². The van der Waals surface area contributed by atoms with Crippen molar-refractivity contribution in [1.29, 1.82) is 0 Å². The molecule has 1 fully saturated rings. The van der Waals surface area contributed by atoms with Crippen LogP contribution in [0.1, 0.15) is 35.4 Å². The molecule has 1 amide bonds. The number of aliphatic hydroxyl groups is 2. The summed E-state index contributed by atoms with van der Waals surface area (Å²) in [6.07, 6.45) is 3.34. The van der Waals surface area contributed by atoms with Crippen LogP contribution >= 0.6 is 0 Å². The summed E-state index contributed by atoms with van der Waals surface area (Å²) in [4.78, 5) is 18.7. The molecule has 3 rings (SSSR count). The standard InChI is InChI=1S/C16H21N3O3/c1-12-4-2-5-14-17-13(10-19(12)14)15(21)18-8-3-6-16(22,11-20)7-9-18/h2,4-5,10,20,22H,3,6-9,11H2,1H3/t16-/m1/s1. The number of carbonyl (C=O) groups is 1. The number of amides is 1. The van der Waals surface area contributed by atoms with Crippen LogP contribution < -0.4 is 0 Å². The molecule has 2 aromatic rings. The first-order chi connectivity index (χ1) is 10.5. The average molecular weight is 303 g/mol. The van der Waals surface area contributed by atoms with Gasteiger partial charge in [-0.25, -0.2) is 4.98 Å². The molecule has 118 valence electrons. The quantitative estimate of drug-likeness (QED) is 0.867. The predicted octanol–water partition coefficient (Wildman–Crippen LogP) is 0.992. The van der Waals surface area contributed by atoms with E-state index in [0.717, 1.165) is 11.3 Å². The zero-order valence-corrected chi connectivity index (χ0v) is 12.7. The highest BCUT2D eigenvalue weighted by atomic mass is 16.3. The lowest BCUT2D eigenvalue weighted by Crippen LogP contribution is -2.36.